The summed E-state index contributed by atoms with van der Waals surface area (Å²) < 4.78 is 29.3. The van der Waals surface area contributed by atoms with Gasteiger partial charge in [0.2, 0.25) is 0 Å². The second-order valence-electron chi connectivity index (χ2n) is 4.88. The maximum atomic E-state index is 12.0. The summed E-state index contributed by atoms with van der Waals surface area (Å²) in [6, 6.07) is 9.67. The number of rotatable bonds is 2. The maximum Gasteiger partial charge on any atom is 0.160 e. The van der Waals surface area contributed by atoms with E-state index < -0.39 is 9.84 Å². The summed E-state index contributed by atoms with van der Waals surface area (Å²) in [6.45, 7) is 3.09. The number of nitrogens with zero attached hydrogens (tertiary/aromatic N) is 1. The minimum absolute atomic E-state index is 0.126. The van der Waals surface area contributed by atoms with Crippen LogP contribution >= 0.6 is 0 Å². The van der Waals surface area contributed by atoms with Gasteiger partial charge in [-0.1, -0.05) is 30.3 Å². The van der Waals surface area contributed by atoms with Crippen LogP contribution in [0.5, 0.6) is 0 Å². The lowest BCUT2D eigenvalue weighted by molar-refractivity contribution is 0.0163. The Morgan fingerprint density at radius 1 is 1.11 bits per heavy atom. The van der Waals surface area contributed by atoms with Crippen LogP contribution in [0.1, 0.15) is 10.8 Å². The van der Waals surface area contributed by atoms with Crippen molar-refractivity contribution in [3.05, 3.63) is 35.9 Å². The van der Waals surface area contributed by atoms with E-state index in [1.54, 1.807) is 0 Å². The Labute approximate surface area is 107 Å². The Hall–Kier alpha value is -0.910. The summed E-state index contributed by atoms with van der Waals surface area (Å²) in [7, 11) is -2.96. The normalized spacial score (nSPS) is 31.8. The number of hydrogen-bond acceptors (Lipinski definition) is 4. The first-order valence-electron chi connectivity index (χ1n) is 6.27. The summed E-state index contributed by atoms with van der Waals surface area (Å²) >= 11 is 0. The van der Waals surface area contributed by atoms with Crippen LogP contribution in [0.15, 0.2) is 30.3 Å². The largest absolute Gasteiger partial charge is 0.379 e. The van der Waals surface area contributed by atoms with Crippen molar-refractivity contribution in [3.8, 4) is 0 Å². The molecule has 0 aromatic heterocycles. The van der Waals surface area contributed by atoms with Crippen molar-refractivity contribution in [2.75, 3.05) is 32.1 Å². The van der Waals surface area contributed by atoms with Crippen molar-refractivity contribution in [1.82, 2.24) is 4.90 Å². The van der Waals surface area contributed by atoms with Gasteiger partial charge in [0.15, 0.2) is 9.84 Å². The molecule has 0 radical (unpaired) electrons. The van der Waals surface area contributed by atoms with Crippen molar-refractivity contribution in [3.63, 3.8) is 0 Å². The smallest absolute Gasteiger partial charge is 0.160 e. The zero-order chi connectivity index (χ0) is 12.6. The predicted octanol–water partition coefficient (Wildman–Crippen LogP) is 0.857. The van der Waals surface area contributed by atoms with Gasteiger partial charge >= 0.3 is 0 Å². The van der Waals surface area contributed by atoms with Gasteiger partial charge in [-0.15, -0.1) is 0 Å². The quantitative estimate of drug-likeness (QED) is 0.797. The van der Waals surface area contributed by atoms with Crippen LogP contribution < -0.4 is 0 Å². The Kier molecular flexibility index (Phi) is 3.13. The minimum atomic E-state index is -2.96. The highest BCUT2D eigenvalue weighted by atomic mass is 32.2. The molecule has 0 unspecified atom stereocenters. The highest BCUT2D eigenvalue weighted by Gasteiger charge is 2.49. The van der Waals surface area contributed by atoms with Gasteiger partial charge in [-0.3, -0.25) is 4.90 Å². The molecule has 0 bridgehead atoms. The third kappa shape index (κ3) is 2.06. The Balaban J connectivity index is 1.84. The van der Waals surface area contributed by atoms with Crippen LogP contribution in [-0.2, 0) is 14.6 Å². The molecule has 2 saturated heterocycles. The molecule has 4 nitrogen and oxygen atoms in total. The van der Waals surface area contributed by atoms with Crippen LogP contribution in [0.2, 0.25) is 0 Å². The number of sulfone groups is 1. The van der Waals surface area contributed by atoms with Gasteiger partial charge in [-0.25, -0.2) is 8.42 Å². The van der Waals surface area contributed by atoms with Crippen LogP contribution in [0.3, 0.4) is 0 Å². The van der Waals surface area contributed by atoms with E-state index in [4.69, 9.17) is 4.74 Å². The molecule has 0 amide bonds. The second-order valence-corrected chi connectivity index (χ2v) is 7.04. The van der Waals surface area contributed by atoms with E-state index in [0.717, 1.165) is 18.7 Å². The van der Waals surface area contributed by atoms with E-state index in [2.05, 4.69) is 4.90 Å². The lowest BCUT2D eigenvalue weighted by atomic mass is 10.0. The molecule has 1 aromatic carbocycles. The minimum Gasteiger partial charge on any atom is -0.379 e. The fraction of sp³-hybridized carbons (Fsp3) is 0.538. The van der Waals surface area contributed by atoms with Crippen molar-refractivity contribution in [2.24, 2.45) is 0 Å². The molecule has 5 heteroatoms. The molecule has 98 valence electrons. The van der Waals surface area contributed by atoms with E-state index in [1.165, 1.54) is 0 Å². The molecule has 1 aromatic rings. The number of ether oxygens (including phenoxy) is 1. The van der Waals surface area contributed by atoms with Crippen LogP contribution in [-0.4, -0.2) is 51.4 Å². The number of hydrogen-bond donors (Lipinski definition) is 0. The molecular weight excluding hydrogens is 250 g/mol. The molecule has 2 atom stereocenters. The molecule has 0 spiro atoms. The molecular formula is C13H17NO3S. The average Bonchev–Trinajstić information content (AvgIpc) is 2.38. The van der Waals surface area contributed by atoms with E-state index in [1.807, 2.05) is 30.3 Å². The lowest BCUT2D eigenvalue weighted by Gasteiger charge is -2.45. The maximum absolute atomic E-state index is 12.0. The summed E-state index contributed by atoms with van der Waals surface area (Å²) in [5.41, 5.74) is 0.917. The first kappa shape index (κ1) is 12.1. The fourth-order valence-corrected chi connectivity index (χ4v) is 4.87. The number of benzene rings is 1. The van der Waals surface area contributed by atoms with Crippen molar-refractivity contribution < 1.29 is 13.2 Å². The average molecular weight is 267 g/mol. The standard InChI is InChI=1S/C13H17NO3S/c15-18(16)10-12(14-6-8-17-9-7-14)13(18)11-4-2-1-3-5-11/h1-5,12-13H,6-10H2/t12-,13+/m1/s1. The van der Waals surface area contributed by atoms with Gasteiger partial charge in [-0.2, -0.15) is 0 Å². The van der Waals surface area contributed by atoms with E-state index in [9.17, 15) is 8.42 Å². The first-order valence-corrected chi connectivity index (χ1v) is 7.98. The van der Waals surface area contributed by atoms with Crippen molar-refractivity contribution in [1.29, 1.82) is 0 Å². The molecule has 2 heterocycles. The topological polar surface area (TPSA) is 46.6 Å². The van der Waals surface area contributed by atoms with Gasteiger partial charge in [0.1, 0.15) is 5.25 Å². The highest BCUT2D eigenvalue weighted by molar-refractivity contribution is 7.93. The third-order valence-corrected chi connectivity index (χ3v) is 5.95. The Morgan fingerprint density at radius 2 is 1.78 bits per heavy atom. The van der Waals surface area contributed by atoms with E-state index >= 15 is 0 Å². The lowest BCUT2D eigenvalue weighted by Crippen LogP contribution is -2.58. The Morgan fingerprint density at radius 3 is 2.39 bits per heavy atom. The number of morpholine rings is 1. The van der Waals surface area contributed by atoms with Crippen molar-refractivity contribution in [2.45, 2.75) is 11.3 Å². The van der Waals surface area contributed by atoms with Gasteiger partial charge < -0.3 is 4.74 Å². The second kappa shape index (κ2) is 4.64. The van der Waals surface area contributed by atoms with Gasteiger partial charge in [0, 0.05) is 19.1 Å². The molecule has 2 fully saturated rings. The molecule has 18 heavy (non-hydrogen) atoms. The molecule has 0 aliphatic carbocycles. The van der Waals surface area contributed by atoms with Gasteiger partial charge in [0.05, 0.1) is 19.0 Å². The van der Waals surface area contributed by atoms with Gasteiger partial charge in [-0.05, 0) is 5.56 Å². The fourth-order valence-electron chi connectivity index (χ4n) is 2.82. The molecule has 0 N–H and O–H groups in total. The Bertz CT molecular complexity index is 508. The van der Waals surface area contributed by atoms with Crippen LogP contribution in [0, 0.1) is 0 Å². The van der Waals surface area contributed by atoms with E-state index in [-0.39, 0.29) is 17.0 Å². The molecule has 2 aliphatic heterocycles. The zero-order valence-electron chi connectivity index (χ0n) is 10.2. The molecule has 2 aliphatic rings. The van der Waals surface area contributed by atoms with Crippen LogP contribution in [0.4, 0.5) is 0 Å². The SMILES string of the molecule is O=S1(=O)C[C@@H](N2CCOCC2)[C@@H]1c1ccccc1. The summed E-state index contributed by atoms with van der Waals surface area (Å²) in [5, 5.41) is -0.350. The highest BCUT2D eigenvalue weighted by Crippen LogP contribution is 2.39. The van der Waals surface area contributed by atoms with Crippen LogP contribution in [0.25, 0.3) is 0 Å². The molecule has 3 rings (SSSR count). The summed E-state index contributed by atoms with van der Waals surface area (Å²) in [4.78, 5) is 2.25. The summed E-state index contributed by atoms with van der Waals surface area (Å²) in [5.74, 6) is 0.284. The molecule has 0 saturated carbocycles. The summed E-state index contributed by atoms with van der Waals surface area (Å²) in [6.07, 6.45) is 0. The van der Waals surface area contributed by atoms with Crippen molar-refractivity contribution >= 4 is 9.84 Å². The zero-order valence-corrected chi connectivity index (χ0v) is 11.0. The first-order chi connectivity index (χ1) is 8.68. The van der Waals surface area contributed by atoms with Gasteiger partial charge in [0.25, 0.3) is 0 Å². The van der Waals surface area contributed by atoms with E-state index in [0.29, 0.717) is 13.2 Å². The monoisotopic (exact) mass is 267 g/mol. The third-order valence-electron chi connectivity index (χ3n) is 3.78. The predicted molar refractivity (Wildman–Crippen MR) is 69.1 cm³/mol.